The summed E-state index contributed by atoms with van der Waals surface area (Å²) in [5.74, 6) is -0.263. The highest BCUT2D eigenvalue weighted by atomic mass is 16.7. The highest BCUT2D eigenvalue weighted by molar-refractivity contribution is 5.90. The van der Waals surface area contributed by atoms with Crippen LogP contribution in [-0.2, 0) is 9.63 Å². The molecule has 1 N–H and O–H groups in total. The summed E-state index contributed by atoms with van der Waals surface area (Å²) in [6.45, 7) is 7.63. The van der Waals surface area contributed by atoms with Gasteiger partial charge in [0.25, 0.3) is 5.91 Å². The lowest BCUT2D eigenvalue weighted by Crippen LogP contribution is -2.32. The Labute approximate surface area is 102 Å². The van der Waals surface area contributed by atoms with Crippen LogP contribution in [0.3, 0.4) is 0 Å². The molecule has 0 aliphatic rings. The molecular weight excluding hydrogens is 214 g/mol. The summed E-state index contributed by atoms with van der Waals surface area (Å²) in [6.07, 6.45) is 3.22. The molecule has 0 bridgehead atoms. The molecule has 0 atom stereocenters. The van der Waals surface area contributed by atoms with Gasteiger partial charge in [-0.05, 0) is 39.3 Å². The van der Waals surface area contributed by atoms with E-state index in [1.54, 1.807) is 6.08 Å². The van der Waals surface area contributed by atoms with Crippen LogP contribution in [0.1, 0.15) is 31.9 Å². The fourth-order valence-electron chi connectivity index (χ4n) is 1.18. The van der Waals surface area contributed by atoms with Crippen molar-refractivity contribution in [2.75, 3.05) is 0 Å². The van der Waals surface area contributed by atoms with Crippen molar-refractivity contribution in [2.45, 2.75) is 33.3 Å². The second-order valence-electron chi connectivity index (χ2n) is 4.93. The molecule has 0 radical (unpaired) electrons. The monoisotopic (exact) mass is 233 g/mol. The van der Waals surface area contributed by atoms with Gasteiger partial charge in [-0.1, -0.05) is 29.8 Å². The summed E-state index contributed by atoms with van der Waals surface area (Å²) < 4.78 is 0. The third-order valence-electron chi connectivity index (χ3n) is 1.93. The van der Waals surface area contributed by atoms with E-state index >= 15 is 0 Å². The predicted molar refractivity (Wildman–Crippen MR) is 69.2 cm³/mol. The first-order chi connectivity index (χ1) is 7.87. The van der Waals surface area contributed by atoms with Gasteiger partial charge in [-0.25, -0.2) is 5.48 Å². The van der Waals surface area contributed by atoms with Crippen LogP contribution in [0.5, 0.6) is 0 Å². The molecule has 1 aromatic carbocycles. The number of hydrogen-bond donors (Lipinski definition) is 1. The first-order valence-electron chi connectivity index (χ1n) is 5.59. The lowest BCUT2D eigenvalue weighted by Gasteiger charge is -2.17. The topological polar surface area (TPSA) is 38.3 Å². The molecule has 0 fully saturated rings. The minimum Gasteiger partial charge on any atom is -0.268 e. The zero-order valence-electron chi connectivity index (χ0n) is 10.8. The van der Waals surface area contributed by atoms with Crippen molar-refractivity contribution in [3.05, 3.63) is 41.5 Å². The Morgan fingerprint density at radius 1 is 1.35 bits per heavy atom. The molecular formula is C14H19NO2. The van der Waals surface area contributed by atoms with Crippen molar-refractivity contribution >= 4 is 12.0 Å². The van der Waals surface area contributed by atoms with Crippen molar-refractivity contribution in [1.29, 1.82) is 0 Å². The van der Waals surface area contributed by atoms with Gasteiger partial charge >= 0.3 is 0 Å². The molecule has 0 aromatic heterocycles. The molecule has 92 valence electrons. The molecule has 3 nitrogen and oxygen atoms in total. The predicted octanol–water partition coefficient (Wildman–Crippen LogP) is 2.85. The van der Waals surface area contributed by atoms with Crippen LogP contribution in [0.4, 0.5) is 0 Å². The first-order valence-corrected chi connectivity index (χ1v) is 5.59. The van der Waals surface area contributed by atoms with Gasteiger partial charge in [-0.15, -0.1) is 0 Å². The van der Waals surface area contributed by atoms with E-state index in [1.807, 2.05) is 52.0 Å². The van der Waals surface area contributed by atoms with Gasteiger partial charge in [0.15, 0.2) is 0 Å². The minimum atomic E-state index is -0.382. The third-order valence-corrected chi connectivity index (χ3v) is 1.93. The van der Waals surface area contributed by atoms with Crippen molar-refractivity contribution < 1.29 is 9.63 Å². The zero-order valence-corrected chi connectivity index (χ0v) is 10.8. The number of rotatable bonds is 3. The number of hydroxylamine groups is 1. The number of aryl methyl sites for hydroxylation is 1. The van der Waals surface area contributed by atoms with Gasteiger partial charge in [0.2, 0.25) is 0 Å². The summed E-state index contributed by atoms with van der Waals surface area (Å²) in [4.78, 5) is 16.6. The second kappa shape index (κ2) is 5.64. The Hall–Kier alpha value is -1.61. The lowest BCUT2D eigenvalue weighted by molar-refractivity contribution is -0.140. The normalized spacial score (nSPS) is 11.8. The SMILES string of the molecule is Cc1cccc(/C=C/C(=O)NOC(C)(C)C)c1. The molecule has 1 amide bonds. The van der Waals surface area contributed by atoms with Crippen molar-refractivity contribution in [1.82, 2.24) is 5.48 Å². The van der Waals surface area contributed by atoms with E-state index in [0.29, 0.717) is 0 Å². The molecule has 0 saturated carbocycles. The highest BCUT2D eigenvalue weighted by Gasteiger charge is 2.11. The average Bonchev–Trinajstić information content (AvgIpc) is 2.23. The summed E-state index contributed by atoms with van der Waals surface area (Å²) in [6, 6.07) is 7.93. The molecule has 17 heavy (non-hydrogen) atoms. The Balaban J connectivity index is 2.51. The third kappa shape index (κ3) is 5.88. The molecule has 3 heteroatoms. The Morgan fingerprint density at radius 3 is 2.65 bits per heavy atom. The Kier molecular flexibility index (Phi) is 4.46. The van der Waals surface area contributed by atoms with Crippen LogP contribution < -0.4 is 5.48 Å². The van der Waals surface area contributed by atoms with Gasteiger partial charge in [-0.2, -0.15) is 0 Å². The maximum Gasteiger partial charge on any atom is 0.267 e. The first kappa shape index (κ1) is 13.5. The number of carbonyl (C=O) groups excluding carboxylic acids is 1. The largest absolute Gasteiger partial charge is 0.268 e. The average molecular weight is 233 g/mol. The van der Waals surface area contributed by atoms with Crippen LogP contribution in [0.2, 0.25) is 0 Å². The Bertz CT molecular complexity index is 416. The minimum absolute atomic E-state index is 0.263. The molecule has 0 saturated heterocycles. The van der Waals surface area contributed by atoms with E-state index in [2.05, 4.69) is 5.48 Å². The second-order valence-corrected chi connectivity index (χ2v) is 4.93. The molecule has 0 spiro atoms. The van der Waals surface area contributed by atoms with E-state index < -0.39 is 0 Å². The number of hydrogen-bond acceptors (Lipinski definition) is 2. The maximum atomic E-state index is 11.4. The number of amides is 1. The van der Waals surface area contributed by atoms with Crippen LogP contribution >= 0.6 is 0 Å². The van der Waals surface area contributed by atoms with Gasteiger partial charge in [0.05, 0.1) is 5.60 Å². The van der Waals surface area contributed by atoms with Crippen molar-refractivity contribution in [2.24, 2.45) is 0 Å². The van der Waals surface area contributed by atoms with E-state index in [0.717, 1.165) is 5.56 Å². The molecule has 1 rings (SSSR count). The highest BCUT2D eigenvalue weighted by Crippen LogP contribution is 2.06. The molecule has 0 aliphatic carbocycles. The molecule has 0 heterocycles. The molecule has 1 aromatic rings. The maximum absolute atomic E-state index is 11.4. The van der Waals surface area contributed by atoms with Crippen molar-refractivity contribution in [3.8, 4) is 0 Å². The van der Waals surface area contributed by atoms with E-state index in [4.69, 9.17) is 4.84 Å². The lowest BCUT2D eigenvalue weighted by atomic mass is 10.1. The number of benzene rings is 1. The number of carbonyl (C=O) groups is 1. The summed E-state index contributed by atoms with van der Waals surface area (Å²) in [5.41, 5.74) is 4.16. The number of nitrogens with one attached hydrogen (secondary N) is 1. The van der Waals surface area contributed by atoms with Gasteiger partial charge in [0.1, 0.15) is 0 Å². The smallest absolute Gasteiger partial charge is 0.267 e. The summed E-state index contributed by atoms with van der Waals surface area (Å²) in [5, 5.41) is 0. The molecule has 0 aliphatic heterocycles. The Morgan fingerprint density at radius 2 is 2.06 bits per heavy atom. The van der Waals surface area contributed by atoms with E-state index in [1.165, 1.54) is 11.6 Å². The summed E-state index contributed by atoms with van der Waals surface area (Å²) >= 11 is 0. The van der Waals surface area contributed by atoms with Gasteiger partial charge in [0, 0.05) is 6.08 Å². The van der Waals surface area contributed by atoms with Crippen LogP contribution in [0, 0.1) is 6.92 Å². The quantitative estimate of drug-likeness (QED) is 0.644. The van der Waals surface area contributed by atoms with E-state index in [9.17, 15) is 4.79 Å². The van der Waals surface area contributed by atoms with Crippen LogP contribution in [0.15, 0.2) is 30.3 Å². The fraction of sp³-hybridized carbons (Fsp3) is 0.357. The zero-order chi connectivity index (χ0) is 12.9. The van der Waals surface area contributed by atoms with Crippen LogP contribution in [0.25, 0.3) is 6.08 Å². The summed E-state index contributed by atoms with van der Waals surface area (Å²) in [7, 11) is 0. The standard InChI is InChI=1S/C14H19NO2/c1-11-6-5-7-12(10-11)8-9-13(16)15-17-14(2,3)4/h5-10H,1-4H3,(H,15,16)/b9-8+. The van der Waals surface area contributed by atoms with Gasteiger partial charge in [-0.3, -0.25) is 9.63 Å². The van der Waals surface area contributed by atoms with Gasteiger partial charge < -0.3 is 0 Å². The van der Waals surface area contributed by atoms with Crippen LogP contribution in [-0.4, -0.2) is 11.5 Å². The molecule has 0 unspecified atom stereocenters. The van der Waals surface area contributed by atoms with E-state index in [-0.39, 0.29) is 11.5 Å². The fourth-order valence-corrected chi connectivity index (χ4v) is 1.18. The van der Waals surface area contributed by atoms with Crippen molar-refractivity contribution in [3.63, 3.8) is 0 Å².